The number of hydrogen-bond donors (Lipinski definition) is 3. The van der Waals surface area contributed by atoms with E-state index >= 15 is 0 Å². The molecule has 0 amide bonds. The fourth-order valence-electron chi connectivity index (χ4n) is 2.18. The maximum absolute atomic E-state index is 13.6. The van der Waals surface area contributed by atoms with Crippen LogP contribution in [0.25, 0.3) is 21.3 Å². The Labute approximate surface area is 121 Å². The molecule has 106 valence electrons. The minimum Gasteiger partial charge on any atom is -0.477 e. The van der Waals surface area contributed by atoms with Crippen molar-refractivity contribution in [3.05, 3.63) is 51.4 Å². The number of aromatic carboxylic acids is 1. The van der Waals surface area contributed by atoms with E-state index in [2.05, 4.69) is 4.98 Å². The van der Waals surface area contributed by atoms with Crippen molar-refractivity contribution in [2.45, 2.75) is 0 Å². The molecule has 0 aliphatic rings. The smallest absolute Gasteiger partial charge is 0.343 e. The Morgan fingerprint density at radius 1 is 1.33 bits per heavy atom. The molecule has 5 nitrogen and oxygen atoms in total. The van der Waals surface area contributed by atoms with Crippen molar-refractivity contribution in [2.24, 2.45) is 0 Å². The Morgan fingerprint density at radius 3 is 2.71 bits per heavy atom. The van der Waals surface area contributed by atoms with Crippen LogP contribution in [0.1, 0.15) is 10.4 Å². The van der Waals surface area contributed by atoms with Crippen molar-refractivity contribution in [2.75, 3.05) is 5.73 Å². The van der Waals surface area contributed by atoms with Gasteiger partial charge in [-0.15, -0.1) is 11.3 Å². The van der Waals surface area contributed by atoms with Gasteiger partial charge >= 0.3 is 5.97 Å². The van der Waals surface area contributed by atoms with E-state index in [0.717, 1.165) is 0 Å². The quantitative estimate of drug-likeness (QED) is 0.678. The monoisotopic (exact) mass is 304 g/mol. The molecule has 3 aromatic rings. The zero-order chi connectivity index (χ0) is 15.1. The van der Waals surface area contributed by atoms with Gasteiger partial charge in [-0.3, -0.25) is 4.79 Å². The highest BCUT2D eigenvalue weighted by atomic mass is 32.1. The van der Waals surface area contributed by atoms with Crippen LogP contribution in [0.3, 0.4) is 0 Å². The summed E-state index contributed by atoms with van der Waals surface area (Å²) >= 11 is 1.24. The van der Waals surface area contributed by atoms with Gasteiger partial charge in [-0.2, -0.15) is 0 Å². The molecular formula is C14H9FN2O3S. The van der Waals surface area contributed by atoms with E-state index in [4.69, 9.17) is 10.8 Å². The number of carboxylic acid groups (broad SMARTS) is 1. The summed E-state index contributed by atoms with van der Waals surface area (Å²) in [7, 11) is 0. The zero-order valence-corrected chi connectivity index (χ0v) is 11.3. The number of nitrogen functional groups attached to an aromatic ring is 1. The van der Waals surface area contributed by atoms with Gasteiger partial charge in [-0.1, -0.05) is 12.1 Å². The number of pyridine rings is 1. The lowest BCUT2D eigenvalue weighted by Crippen LogP contribution is -2.20. The fourth-order valence-corrected chi connectivity index (χ4v) is 2.94. The summed E-state index contributed by atoms with van der Waals surface area (Å²) in [5, 5.41) is 11.0. The molecule has 0 bridgehead atoms. The molecule has 0 unspecified atom stereocenters. The predicted octanol–water partition coefficient (Wildman–Crippen LogP) is 2.68. The molecule has 7 heteroatoms. The molecule has 0 saturated heterocycles. The van der Waals surface area contributed by atoms with Crippen LogP contribution in [-0.2, 0) is 0 Å². The summed E-state index contributed by atoms with van der Waals surface area (Å²) in [5.41, 5.74) is 5.34. The van der Waals surface area contributed by atoms with E-state index in [9.17, 15) is 14.0 Å². The van der Waals surface area contributed by atoms with E-state index in [1.54, 1.807) is 23.6 Å². The van der Waals surface area contributed by atoms with Gasteiger partial charge in [-0.05, 0) is 23.1 Å². The number of aromatic amines is 1. The van der Waals surface area contributed by atoms with Gasteiger partial charge in [0.2, 0.25) is 0 Å². The van der Waals surface area contributed by atoms with Crippen molar-refractivity contribution < 1.29 is 14.3 Å². The molecule has 1 aromatic carbocycles. The molecule has 21 heavy (non-hydrogen) atoms. The van der Waals surface area contributed by atoms with Crippen LogP contribution in [0.15, 0.2) is 34.4 Å². The second-order valence-electron chi connectivity index (χ2n) is 4.41. The van der Waals surface area contributed by atoms with E-state index in [1.807, 2.05) is 0 Å². The number of thiophene rings is 1. The van der Waals surface area contributed by atoms with Gasteiger partial charge in [0.1, 0.15) is 11.4 Å². The van der Waals surface area contributed by atoms with Crippen molar-refractivity contribution in [3.63, 3.8) is 0 Å². The second-order valence-corrected chi connectivity index (χ2v) is 5.32. The van der Waals surface area contributed by atoms with Crippen LogP contribution < -0.4 is 11.3 Å². The number of nitrogens with two attached hydrogens (primary N) is 1. The molecule has 0 fully saturated rings. The summed E-state index contributed by atoms with van der Waals surface area (Å²) in [5.74, 6) is -1.74. The summed E-state index contributed by atoms with van der Waals surface area (Å²) in [6, 6.07) is 6.14. The summed E-state index contributed by atoms with van der Waals surface area (Å²) in [6.07, 6.45) is 0. The average molecular weight is 304 g/mol. The van der Waals surface area contributed by atoms with E-state index in [1.165, 1.54) is 17.4 Å². The Balaban J connectivity index is 2.30. The van der Waals surface area contributed by atoms with E-state index in [-0.39, 0.29) is 11.5 Å². The number of fused-ring (bicyclic) bond motifs is 1. The lowest BCUT2D eigenvalue weighted by atomic mass is 10.1. The summed E-state index contributed by atoms with van der Waals surface area (Å²) < 4.78 is 13.6. The number of rotatable bonds is 2. The van der Waals surface area contributed by atoms with Crippen molar-refractivity contribution in [3.8, 4) is 10.4 Å². The molecule has 2 aromatic heterocycles. The number of halogens is 1. The molecular weight excluding hydrogens is 295 g/mol. The van der Waals surface area contributed by atoms with Gasteiger partial charge < -0.3 is 15.8 Å². The maximum Gasteiger partial charge on any atom is 0.343 e. The zero-order valence-electron chi connectivity index (χ0n) is 10.5. The largest absolute Gasteiger partial charge is 0.477 e. The maximum atomic E-state index is 13.6. The van der Waals surface area contributed by atoms with Crippen molar-refractivity contribution in [1.29, 1.82) is 0 Å². The van der Waals surface area contributed by atoms with Gasteiger partial charge in [0.25, 0.3) is 5.56 Å². The van der Waals surface area contributed by atoms with Crippen LogP contribution in [0.4, 0.5) is 10.1 Å². The molecule has 3 rings (SSSR count). The molecule has 0 saturated carbocycles. The number of nitrogens with one attached hydrogen (secondary N) is 1. The molecule has 4 N–H and O–H groups in total. The molecule has 0 radical (unpaired) electrons. The van der Waals surface area contributed by atoms with Crippen LogP contribution >= 0.6 is 11.3 Å². The number of carboxylic acids is 1. The normalized spacial score (nSPS) is 10.9. The standard InChI is InChI=1S/C14H9FN2O3S/c15-8-3-4-21-12(8)6-1-2-7-9(5-6)17-13(18)10(11(7)16)14(19)20/h1-5H,(H,19,20)(H3,16,17,18). The molecule has 0 aliphatic carbocycles. The lowest BCUT2D eigenvalue weighted by molar-refractivity contribution is 0.0696. The molecule has 0 aliphatic heterocycles. The Morgan fingerprint density at radius 2 is 2.10 bits per heavy atom. The Hall–Kier alpha value is -2.67. The van der Waals surface area contributed by atoms with Crippen LogP contribution in [0.2, 0.25) is 0 Å². The average Bonchev–Trinajstić information content (AvgIpc) is 2.83. The third kappa shape index (κ3) is 2.07. The summed E-state index contributed by atoms with van der Waals surface area (Å²) in [6.45, 7) is 0. The first-order chi connectivity index (χ1) is 9.99. The van der Waals surface area contributed by atoms with Crippen molar-refractivity contribution in [1.82, 2.24) is 4.98 Å². The van der Waals surface area contributed by atoms with Gasteiger partial charge in [0.05, 0.1) is 16.1 Å². The Kier molecular flexibility index (Phi) is 2.99. The number of hydrogen-bond acceptors (Lipinski definition) is 4. The predicted molar refractivity (Wildman–Crippen MR) is 79.2 cm³/mol. The van der Waals surface area contributed by atoms with E-state index < -0.39 is 17.1 Å². The minimum absolute atomic E-state index is 0.0977. The SMILES string of the molecule is Nc1c(C(=O)O)c(=O)[nH]c2cc(-c3sccc3F)ccc12. The van der Waals surface area contributed by atoms with Gasteiger partial charge in [0, 0.05) is 5.39 Å². The van der Waals surface area contributed by atoms with Crippen LogP contribution in [0.5, 0.6) is 0 Å². The van der Waals surface area contributed by atoms with Gasteiger partial charge in [0.15, 0.2) is 0 Å². The van der Waals surface area contributed by atoms with Crippen LogP contribution in [-0.4, -0.2) is 16.1 Å². The highest BCUT2D eigenvalue weighted by Crippen LogP contribution is 2.31. The topological polar surface area (TPSA) is 96.2 Å². The highest BCUT2D eigenvalue weighted by Gasteiger charge is 2.17. The molecule has 2 heterocycles. The Bertz CT molecular complexity index is 930. The number of benzene rings is 1. The van der Waals surface area contributed by atoms with E-state index in [0.29, 0.717) is 21.3 Å². The van der Waals surface area contributed by atoms with Crippen molar-refractivity contribution >= 4 is 33.9 Å². The number of H-pyrrole nitrogens is 1. The third-order valence-electron chi connectivity index (χ3n) is 3.15. The van der Waals surface area contributed by atoms with Gasteiger partial charge in [-0.25, -0.2) is 9.18 Å². The molecule has 0 atom stereocenters. The first-order valence-electron chi connectivity index (χ1n) is 5.91. The number of aromatic nitrogens is 1. The number of carbonyl (C=O) groups is 1. The fraction of sp³-hybridized carbons (Fsp3) is 0. The third-order valence-corrected chi connectivity index (χ3v) is 4.09. The molecule has 0 spiro atoms. The lowest BCUT2D eigenvalue weighted by Gasteiger charge is -2.07. The summed E-state index contributed by atoms with van der Waals surface area (Å²) in [4.78, 5) is 25.7. The second kappa shape index (κ2) is 4.71. The number of anilines is 1. The highest BCUT2D eigenvalue weighted by molar-refractivity contribution is 7.13. The minimum atomic E-state index is -1.39. The first kappa shape index (κ1) is 13.3. The van der Waals surface area contributed by atoms with Crippen LogP contribution in [0, 0.1) is 5.82 Å². The first-order valence-corrected chi connectivity index (χ1v) is 6.79.